The molecule has 0 aliphatic carbocycles. The second-order valence-electron chi connectivity index (χ2n) is 7.52. The number of esters is 1. The van der Waals surface area contributed by atoms with Crippen molar-refractivity contribution >= 4 is 34.8 Å². The highest BCUT2D eigenvalue weighted by molar-refractivity contribution is 7.07. The summed E-state index contributed by atoms with van der Waals surface area (Å²) in [4.78, 5) is 26.7. The SMILES string of the molecule is CCOC(=O)C1=c2s/c(=C\c3ccccc3OC)c(=O)n2C(N)=C(C#N)[C@H]1c1ccccc1OC. The maximum Gasteiger partial charge on any atom is 0.338 e. The van der Waals surface area contributed by atoms with Crippen LogP contribution >= 0.6 is 11.3 Å². The number of carbonyl (C=O) groups excluding carboxylic acids is 1. The summed E-state index contributed by atoms with van der Waals surface area (Å²) < 4.78 is 18.1. The van der Waals surface area contributed by atoms with Crippen LogP contribution < -0.4 is 30.0 Å². The zero-order valence-corrected chi connectivity index (χ0v) is 20.2. The van der Waals surface area contributed by atoms with E-state index in [-0.39, 0.29) is 23.6 Å². The zero-order valence-electron chi connectivity index (χ0n) is 19.4. The summed E-state index contributed by atoms with van der Waals surface area (Å²) in [5, 5.41) is 10.1. The van der Waals surface area contributed by atoms with Gasteiger partial charge >= 0.3 is 5.97 Å². The molecule has 3 aromatic rings. The van der Waals surface area contributed by atoms with Crippen LogP contribution in [0.25, 0.3) is 17.5 Å². The van der Waals surface area contributed by atoms with Gasteiger partial charge in [-0.2, -0.15) is 5.26 Å². The Morgan fingerprint density at radius 3 is 2.46 bits per heavy atom. The molecule has 2 heterocycles. The van der Waals surface area contributed by atoms with Crippen LogP contribution in [0, 0.1) is 11.3 Å². The monoisotopic (exact) mass is 489 g/mol. The van der Waals surface area contributed by atoms with Crippen molar-refractivity contribution in [3.8, 4) is 17.6 Å². The molecule has 0 bridgehead atoms. The Labute approximate surface area is 205 Å². The molecular formula is C26H23N3O5S. The number of ether oxygens (including phenoxy) is 3. The minimum Gasteiger partial charge on any atom is -0.496 e. The quantitative estimate of drug-likeness (QED) is 0.526. The summed E-state index contributed by atoms with van der Waals surface area (Å²) in [6.07, 6.45) is 1.68. The molecule has 2 aromatic carbocycles. The second kappa shape index (κ2) is 9.91. The Bertz CT molecular complexity index is 1560. The summed E-state index contributed by atoms with van der Waals surface area (Å²) in [6.45, 7) is 1.81. The molecule has 1 atom stereocenters. The molecular weight excluding hydrogens is 466 g/mol. The maximum atomic E-state index is 13.5. The number of hydrogen-bond acceptors (Lipinski definition) is 8. The minimum atomic E-state index is -0.868. The van der Waals surface area contributed by atoms with Crippen molar-refractivity contribution < 1.29 is 19.0 Å². The first-order valence-electron chi connectivity index (χ1n) is 10.8. The molecule has 4 rings (SSSR count). The number of nitrogens with zero attached hydrogens (tertiary/aromatic N) is 2. The van der Waals surface area contributed by atoms with Crippen molar-refractivity contribution in [2.24, 2.45) is 5.73 Å². The molecule has 1 aromatic heterocycles. The zero-order chi connectivity index (χ0) is 25.1. The molecule has 0 saturated carbocycles. The Kier molecular flexibility index (Phi) is 6.75. The molecule has 0 fully saturated rings. The van der Waals surface area contributed by atoms with Crippen LogP contribution in [-0.2, 0) is 9.53 Å². The fourth-order valence-corrected chi connectivity index (χ4v) is 5.25. The Morgan fingerprint density at radius 2 is 1.80 bits per heavy atom. The Hall–Kier alpha value is -4.29. The van der Waals surface area contributed by atoms with Gasteiger partial charge in [0.2, 0.25) is 0 Å². The molecule has 2 N–H and O–H groups in total. The lowest BCUT2D eigenvalue weighted by Gasteiger charge is -2.25. The number of hydrogen-bond donors (Lipinski definition) is 1. The Morgan fingerprint density at radius 1 is 1.14 bits per heavy atom. The van der Waals surface area contributed by atoms with Gasteiger partial charge < -0.3 is 19.9 Å². The van der Waals surface area contributed by atoms with Crippen molar-refractivity contribution in [1.82, 2.24) is 4.57 Å². The number of para-hydroxylation sites is 2. The first-order valence-corrected chi connectivity index (χ1v) is 11.6. The van der Waals surface area contributed by atoms with E-state index in [0.29, 0.717) is 31.8 Å². The van der Waals surface area contributed by atoms with Crippen LogP contribution in [0.1, 0.15) is 24.0 Å². The lowest BCUT2D eigenvalue weighted by atomic mass is 9.83. The standard InChI is InChI=1S/C26H23N3O5S/c1-4-34-26(31)22-21(16-10-6-8-12-19(16)33-3)17(14-27)23(28)29-24(30)20(35-25(22)29)13-15-9-5-7-11-18(15)32-2/h5-13,21H,4,28H2,1-3H3/b20-13-/t21-/m1/s1. The van der Waals surface area contributed by atoms with Crippen molar-refractivity contribution in [3.05, 3.63) is 84.8 Å². The van der Waals surface area contributed by atoms with E-state index in [1.807, 2.05) is 18.2 Å². The fourth-order valence-electron chi connectivity index (χ4n) is 4.10. The lowest BCUT2D eigenvalue weighted by Crippen LogP contribution is -2.40. The largest absolute Gasteiger partial charge is 0.496 e. The number of rotatable bonds is 6. The van der Waals surface area contributed by atoms with Crippen LogP contribution in [0.15, 0.2) is 58.9 Å². The molecule has 178 valence electrons. The van der Waals surface area contributed by atoms with Gasteiger partial charge in [0.15, 0.2) is 0 Å². The maximum absolute atomic E-state index is 13.5. The number of fused-ring (bicyclic) bond motifs is 1. The molecule has 0 unspecified atom stereocenters. The number of thiazole rings is 1. The summed E-state index contributed by atoms with van der Waals surface area (Å²) in [5.74, 6) is -0.471. The summed E-state index contributed by atoms with van der Waals surface area (Å²) >= 11 is 1.10. The fraction of sp³-hybridized carbons (Fsp3) is 0.192. The van der Waals surface area contributed by atoms with Gasteiger partial charge in [-0.3, -0.25) is 9.36 Å². The highest BCUT2D eigenvalue weighted by Crippen LogP contribution is 2.40. The van der Waals surface area contributed by atoms with Crippen LogP contribution in [0.5, 0.6) is 11.5 Å². The van der Waals surface area contributed by atoms with Crippen LogP contribution in [0.4, 0.5) is 0 Å². The van der Waals surface area contributed by atoms with Gasteiger partial charge in [-0.1, -0.05) is 36.4 Å². The third kappa shape index (κ3) is 4.09. The van der Waals surface area contributed by atoms with Gasteiger partial charge in [0.25, 0.3) is 5.56 Å². The third-order valence-corrected chi connectivity index (χ3v) is 6.75. The summed E-state index contributed by atoms with van der Waals surface area (Å²) in [5.41, 5.74) is 7.44. The van der Waals surface area contributed by atoms with Crippen molar-refractivity contribution in [2.75, 3.05) is 20.8 Å². The van der Waals surface area contributed by atoms with E-state index in [1.165, 1.54) is 11.7 Å². The lowest BCUT2D eigenvalue weighted by molar-refractivity contribution is -0.136. The summed E-state index contributed by atoms with van der Waals surface area (Å²) in [6, 6.07) is 16.4. The molecule has 8 nitrogen and oxygen atoms in total. The van der Waals surface area contributed by atoms with E-state index in [0.717, 1.165) is 11.3 Å². The number of allylic oxidation sites excluding steroid dienone is 1. The number of methoxy groups -OCH3 is 2. The van der Waals surface area contributed by atoms with E-state index in [4.69, 9.17) is 19.9 Å². The highest BCUT2D eigenvalue weighted by atomic mass is 32.1. The van der Waals surface area contributed by atoms with Crippen LogP contribution in [0.2, 0.25) is 0 Å². The molecule has 0 amide bonds. The van der Waals surface area contributed by atoms with Crippen molar-refractivity contribution in [3.63, 3.8) is 0 Å². The van der Waals surface area contributed by atoms with Gasteiger partial charge in [-0.15, -0.1) is 11.3 Å². The van der Waals surface area contributed by atoms with E-state index in [1.54, 1.807) is 50.4 Å². The smallest absolute Gasteiger partial charge is 0.338 e. The molecule has 9 heteroatoms. The van der Waals surface area contributed by atoms with E-state index < -0.39 is 17.4 Å². The molecule has 0 spiro atoms. The predicted molar refractivity (Wildman–Crippen MR) is 133 cm³/mol. The van der Waals surface area contributed by atoms with E-state index in [2.05, 4.69) is 6.07 Å². The first-order chi connectivity index (χ1) is 17.0. The second-order valence-corrected chi connectivity index (χ2v) is 8.55. The average molecular weight is 490 g/mol. The third-order valence-electron chi connectivity index (χ3n) is 5.64. The van der Waals surface area contributed by atoms with E-state index in [9.17, 15) is 14.9 Å². The summed E-state index contributed by atoms with van der Waals surface area (Å²) in [7, 11) is 3.05. The topological polar surface area (TPSA) is 117 Å². The number of carbonyl (C=O) groups is 1. The van der Waals surface area contributed by atoms with Gasteiger partial charge in [0.1, 0.15) is 22.0 Å². The van der Waals surface area contributed by atoms with Crippen LogP contribution in [0.3, 0.4) is 0 Å². The van der Waals surface area contributed by atoms with Gasteiger partial charge in [-0.25, -0.2) is 4.79 Å². The molecule has 1 aliphatic heterocycles. The Balaban J connectivity index is 2.13. The van der Waals surface area contributed by atoms with Crippen molar-refractivity contribution in [2.45, 2.75) is 12.8 Å². The van der Waals surface area contributed by atoms with E-state index >= 15 is 0 Å². The van der Waals surface area contributed by atoms with Gasteiger partial charge in [-0.05, 0) is 25.1 Å². The molecule has 35 heavy (non-hydrogen) atoms. The first kappa shape index (κ1) is 23.9. The minimum absolute atomic E-state index is 0.0348. The van der Waals surface area contributed by atoms with Crippen molar-refractivity contribution in [1.29, 1.82) is 5.26 Å². The number of nitriles is 1. The normalized spacial score (nSPS) is 15.4. The molecule has 0 saturated heterocycles. The van der Waals surface area contributed by atoms with Crippen LogP contribution in [-0.4, -0.2) is 31.4 Å². The number of nitrogens with two attached hydrogens (primary N) is 1. The average Bonchev–Trinajstić information content (AvgIpc) is 3.19. The van der Waals surface area contributed by atoms with Gasteiger partial charge in [0, 0.05) is 11.1 Å². The number of aromatic nitrogens is 1. The number of benzene rings is 2. The highest BCUT2D eigenvalue weighted by Gasteiger charge is 2.37. The predicted octanol–water partition coefficient (Wildman–Crippen LogP) is 1.92. The molecule has 1 aliphatic rings. The molecule has 0 radical (unpaired) electrons. The van der Waals surface area contributed by atoms with Gasteiger partial charge in [0.05, 0.1) is 48.5 Å².